The second-order valence-corrected chi connectivity index (χ2v) is 18.7. The van der Waals surface area contributed by atoms with Crippen LogP contribution in [0.1, 0.15) is 5.56 Å². The zero-order chi connectivity index (χ0) is 49.7. The maximum Gasteiger partial charge on any atom is 0.420 e. The number of nitrogens with zero attached hydrogens (tertiary/aromatic N) is 10. The minimum atomic E-state index is -5.08. The first-order valence-corrected chi connectivity index (χ1v) is 24.5. The number of fused-ring (bicyclic) bond motifs is 15. The van der Waals surface area contributed by atoms with Crippen molar-refractivity contribution >= 4 is 110 Å². The molecule has 0 saturated carbocycles. The third kappa shape index (κ3) is 5.55. The van der Waals surface area contributed by atoms with Gasteiger partial charge in [0.1, 0.15) is 5.56 Å². The fourth-order valence-electron chi connectivity index (χ4n) is 12.1. The van der Waals surface area contributed by atoms with Crippen LogP contribution in [0.3, 0.4) is 0 Å². The Morgan fingerprint density at radius 1 is 0.240 bits per heavy atom. The van der Waals surface area contributed by atoms with Crippen LogP contribution in [0, 0.1) is 0 Å². The highest BCUT2D eigenvalue weighted by Gasteiger charge is 2.46. The third-order valence-electron chi connectivity index (χ3n) is 14.9. The molecular formula is C62H35F3N10. The van der Waals surface area contributed by atoms with Crippen molar-refractivity contribution in [2.75, 3.05) is 0 Å². The second-order valence-electron chi connectivity index (χ2n) is 18.7. The molecular weight excluding hydrogens is 942 g/mol. The standard InChI is InChI=1S/C62H35F3N10/c63-62(64,65)51-57(71-41-21-6-1-16-36(41)52-46(71)26-11-31-66-52)59(73-43-23-8-3-18-38(43)54-48(73)28-13-33-68-54)61(75-45-25-10-5-20-40(45)56-50(75)30-15-35-70-56)60(74-44-24-9-4-19-39(44)55-49(74)29-14-34-69-55)58(51)72-42-22-7-2-17-37(42)53-47(72)27-12-32-67-53/h1-35H. The number of benzene rings is 6. The number of hydrogen-bond donors (Lipinski definition) is 0. The summed E-state index contributed by atoms with van der Waals surface area (Å²) in [6.07, 6.45) is 3.52. The summed E-state index contributed by atoms with van der Waals surface area (Å²) in [5, 5.41) is 3.75. The van der Waals surface area contributed by atoms with E-state index < -0.39 is 11.7 Å². The van der Waals surface area contributed by atoms with Gasteiger partial charge in [0.2, 0.25) is 0 Å². The van der Waals surface area contributed by atoms with Crippen molar-refractivity contribution in [3.8, 4) is 28.4 Å². The topological polar surface area (TPSA) is 89.1 Å². The molecule has 0 N–H and O–H groups in total. The Morgan fingerprint density at radius 2 is 0.440 bits per heavy atom. The van der Waals surface area contributed by atoms with Gasteiger partial charge in [0.25, 0.3) is 0 Å². The molecule has 0 fully saturated rings. The number of alkyl halides is 3. The number of rotatable bonds is 5. The van der Waals surface area contributed by atoms with Crippen molar-refractivity contribution in [3.05, 3.63) is 219 Å². The first kappa shape index (κ1) is 41.5. The lowest BCUT2D eigenvalue weighted by Gasteiger charge is -2.32. The molecule has 0 radical (unpaired) electrons. The van der Waals surface area contributed by atoms with E-state index in [2.05, 4.69) is 4.57 Å². The van der Waals surface area contributed by atoms with Crippen molar-refractivity contribution in [1.29, 1.82) is 0 Å². The third-order valence-corrected chi connectivity index (χ3v) is 14.9. The van der Waals surface area contributed by atoms with Gasteiger partial charge in [0, 0.05) is 57.9 Å². The summed E-state index contributed by atoms with van der Waals surface area (Å²) in [4.78, 5) is 24.9. The van der Waals surface area contributed by atoms with E-state index in [1.807, 2.05) is 179 Å². The lowest BCUT2D eigenvalue weighted by molar-refractivity contribution is -0.137. The van der Waals surface area contributed by atoms with Gasteiger partial charge in [0.05, 0.1) is 111 Å². The summed E-state index contributed by atoms with van der Waals surface area (Å²) in [5.41, 5.74) is 8.84. The van der Waals surface area contributed by atoms with Crippen LogP contribution in [0.2, 0.25) is 0 Å². The van der Waals surface area contributed by atoms with Crippen LogP contribution in [0.5, 0.6) is 0 Å². The summed E-state index contributed by atoms with van der Waals surface area (Å²) < 4.78 is 65.1. The lowest BCUT2D eigenvalue weighted by Crippen LogP contribution is -2.23. The van der Waals surface area contributed by atoms with Gasteiger partial charge in [-0.3, -0.25) is 24.9 Å². The molecule has 10 heterocycles. The van der Waals surface area contributed by atoms with Gasteiger partial charge in [-0.2, -0.15) is 13.2 Å². The van der Waals surface area contributed by atoms with E-state index in [9.17, 15) is 0 Å². The molecule has 0 aliphatic rings. The molecule has 75 heavy (non-hydrogen) atoms. The van der Waals surface area contributed by atoms with Gasteiger partial charge in [-0.25, -0.2) is 0 Å². The SMILES string of the molecule is FC(F)(F)c1c(-n2c3ccccc3c3ncccc32)c(-n2c3ccccc3c3ncccc32)c(-n2c3ccccc3c3ncccc32)c(-n2c3ccccc3c3ncccc32)c1-n1c2ccccc2c2ncccc21. The Labute approximate surface area is 422 Å². The molecule has 13 heteroatoms. The Bertz CT molecular complexity index is 4570. The summed E-state index contributed by atoms with van der Waals surface area (Å²) in [6, 6.07) is 57.5. The van der Waals surface area contributed by atoms with Gasteiger partial charge >= 0.3 is 6.18 Å². The van der Waals surface area contributed by atoms with E-state index in [0.717, 1.165) is 21.7 Å². The lowest BCUT2D eigenvalue weighted by atomic mass is 10.00. The fraction of sp³-hybridized carbons (Fsp3) is 0.0161. The molecule has 10 nitrogen and oxygen atoms in total. The molecule has 6 aromatic carbocycles. The molecule has 0 unspecified atom stereocenters. The van der Waals surface area contributed by atoms with Crippen molar-refractivity contribution < 1.29 is 13.2 Å². The molecule has 0 aliphatic heterocycles. The number of hydrogen-bond acceptors (Lipinski definition) is 5. The number of aromatic nitrogens is 10. The molecule has 0 spiro atoms. The van der Waals surface area contributed by atoms with Crippen LogP contribution in [-0.4, -0.2) is 47.8 Å². The Hall–Kier alpha value is -10.1. The highest BCUT2D eigenvalue weighted by Crippen LogP contribution is 2.54. The zero-order valence-electron chi connectivity index (χ0n) is 39.3. The minimum Gasteiger partial charge on any atom is -0.305 e. The molecule has 16 aromatic rings. The summed E-state index contributed by atoms with van der Waals surface area (Å²) >= 11 is 0. The number of pyridine rings is 5. The van der Waals surface area contributed by atoms with E-state index in [0.29, 0.717) is 93.7 Å². The van der Waals surface area contributed by atoms with E-state index >= 15 is 13.2 Å². The minimum absolute atomic E-state index is 0.120. The Kier molecular flexibility index (Phi) is 8.40. The Balaban J connectivity index is 1.33. The largest absolute Gasteiger partial charge is 0.420 e. The van der Waals surface area contributed by atoms with Crippen LogP contribution in [0.4, 0.5) is 13.2 Å². The van der Waals surface area contributed by atoms with Crippen LogP contribution in [0.25, 0.3) is 138 Å². The molecule has 0 saturated heterocycles. The molecule has 0 aliphatic carbocycles. The second kappa shape index (κ2) is 15.2. The summed E-state index contributed by atoms with van der Waals surface area (Å²) in [5.74, 6) is 0. The van der Waals surface area contributed by atoms with Crippen LogP contribution >= 0.6 is 0 Å². The molecule has 10 aromatic heterocycles. The monoisotopic (exact) mass is 976 g/mol. The average Bonchev–Trinajstić information content (AvgIpc) is 4.39. The molecule has 16 rings (SSSR count). The van der Waals surface area contributed by atoms with Crippen LogP contribution < -0.4 is 0 Å². The summed E-state index contributed by atoms with van der Waals surface area (Å²) in [7, 11) is 0. The highest BCUT2D eigenvalue weighted by molar-refractivity contribution is 6.16. The quantitative estimate of drug-likeness (QED) is 0.171. The number of halogens is 3. The fourth-order valence-corrected chi connectivity index (χ4v) is 12.1. The zero-order valence-corrected chi connectivity index (χ0v) is 39.3. The molecule has 0 bridgehead atoms. The smallest absolute Gasteiger partial charge is 0.305 e. The maximum atomic E-state index is 18.5. The average molecular weight is 977 g/mol. The maximum absolute atomic E-state index is 18.5. The summed E-state index contributed by atoms with van der Waals surface area (Å²) in [6.45, 7) is 0. The Morgan fingerprint density at radius 3 is 0.680 bits per heavy atom. The van der Waals surface area contributed by atoms with Crippen molar-refractivity contribution in [1.82, 2.24) is 47.8 Å². The first-order chi connectivity index (χ1) is 37.0. The first-order valence-electron chi connectivity index (χ1n) is 24.5. The van der Waals surface area contributed by atoms with Gasteiger partial charge in [-0.05, 0) is 91.0 Å². The van der Waals surface area contributed by atoms with Crippen molar-refractivity contribution in [3.63, 3.8) is 0 Å². The number of para-hydroxylation sites is 5. The van der Waals surface area contributed by atoms with Gasteiger partial charge in [-0.15, -0.1) is 0 Å². The van der Waals surface area contributed by atoms with E-state index in [-0.39, 0.29) is 22.7 Å². The van der Waals surface area contributed by atoms with E-state index in [4.69, 9.17) is 24.9 Å². The van der Waals surface area contributed by atoms with Crippen molar-refractivity contribution in [2.45, 2.75) is 6.18 Å². The van der Waals surface area contributed by atoms with Gasteiger partial charge in [-0.1, -0.05) is 91.0 Å². The predicted molar refractivity (Wildman–Crippen MR) is 292 cm³/mol. The molecule has 354 valence electrons. The van der Waals surface area contributed by atoms with E-state index in [1.165, 1.54) is 0 Å². The molecule has 0 amide bonds. The highest BCUT2D eigenvalue weighted by atomic mass is 19.4. The van der Waals surface area contributed by atoms with Crippen molar-refractivity contribution in [2.24, 2.45) is 0 Å². The van der Waals surface area contributed by atoms with Gasteiger partial charge in [0.15, 0.2) is 0 Å². The predicted octanol–water partition coefficient (Wildman–Crippen LogP) is 15.2. The van der Waals surface area contributed by atoms with E-state index in [1.54, 1.807) is 52.3 Å². The van der Waals surface area contributed by atoms with Gasteiger partial charge < -0.3 is 22.8 Å². The normalized spacial score (nSPS) is 12.5. The van der Waals surface area contributed by atoms with Crippen LogP contribution in [0.15, 0.2) is 213 Å². The van der Waals surface area contributed by atoms with Crippen LogP contribution in [-0.2, 0) is 6.18 Å². The molecule has 0 atom stereocenters.